The van der Waals surface area contributed by atoms with Gasteiger partial charge in [0.1, 0.15) is 11.5 Å². The second-order valence-electron chi connectivity index (χ2n) is 6.60. The molecule has 8 nitrogen and oxygen atoms in total. The number of hydrogen-bond donors (Lipinski definition) is 4. The Bertz CT molecular complexity index is 970. The lowest BCUT2D eigenvalue weighted by molar-refractivity contribution is 0.0984. The molecule has 1 aromatic carbocycles. The highest BCUT2D eigenvalue weighted by Crippen LogP contribution is 2.27. The number of nitrogens with one attached hydrogen (secondary N) is 3. The van der Waals surface area contributed by atoms with Gasteiger partial charge < -0.3 is 25.9 Å². The number of aromatic nitrogens is 3. The standard InChI is InChI=1S/C20H26N6O2/c1-3-26(4-2)8-7-22-12-18(27)13-5-6-14-15(10-23-16(14)9-13)20-24-11-17(25-20)19(21)28/h5-6,9-11,22-23H,3-4,7-8,12H2,1-2H3,(H2,21,28)(H,24,25). The number of H-pyrrole nitrogens is 2. The molecule has 0 unspecified atom stereocenters. The third-order valence-electron chi connectivity index (χ3n) is 4.88. The van der Waals surface area contributed by atoms with Gasteiger partial charge in [0.2, 0.25) is 0 Å². The normalized spacial score (nSPS) is 11.4. The minimum atomic E-state index is -0.556. The topological polar surface area (TPSA) is 120 Å². The van der Waals surface area contributed by atoms with E-state index in [0.29, 0.717) is 17.9 Å². The van der Waals surface area contributed by atoms with E-state index in [-0.39, 0.29) is 11.5 Å². The van der Waals surface area contributed by atoms with Crippen LogP contribution in [0.2, 0.25) is 0 Å². The van der Waals surface area contributed by atoms with Crippen LogP contribution in [-0.2, 0) is 0 Å². The quantitative estimate of drug-likeness (QED) is 0.315. The largest absolute Gasteiger partial charge is 0.364 e. The van der Waals surface area contributed by atoms with Crippen molar-refractivity contribution in [2.24, 2.45) is 5.73 Å². The summed E-state index contributed by atoms with van der Waals surface area (Å²) in [5, 5.41) is 4.13. The van der Waals surface area contributed by atoms with Gasteiger partial charge in [-0.15, -0.1) is 0 Å². The number of rotatable bonds is 10. The van der Waals surface area contributed by atoms with Crippen molar-refractivity contribution in [1.82, 2.24) is 25.2 Å². The average molecular weight is 382 g/mol. The molecule has 0 fully saturated rings. The SMILES string of the molecule is CCN(CC)CCNCC(=O)c1ccc2c(-c3ncc(C(N)=O)[nH]3)c[nH]c2c1. The Balaban J connectivity index is 1.67. The number of benzene rings is 1. The van der Waals surface area contributed by atoms with E-state index in [4.69, 9.17) is 5.73 Å². The molecule has 0 aliphatic rings. The molecule has 3 rings (SSSR count). The number of ketones is 1. The fourth-order valence-electron chi connectivity index (χ4n) is 3.16. The van der Waals surface area contributed by atoms with E-state index < -0.39 is 5.91 Å². The predicted molar refractivity (Wildman–Crippen MR) is 109 cm³/mol. The van der Waals surface area contributed by atoms with E-state index in [2.05, 4.69) is 39.0 Å². The van der Waals surface area contributed by atoms with Crippen LogP contribution < -0.4 is 11.1 Å². The lowest BCUT2D eigenvalue weighted by Crippen LogP contribution is -2.34. The number of carbonyl (C=O) groups excluding carboxylic acids is 2. The molecule has 28 heavy (non-hydrogen) atoms. The number of carbonyl (C=O) groups is 2. The van der Waals surface area contributed by atoms with Crippen LogP contribution in [-0.4, -0.2) is 64.3 Å². The highest BCUT2D eigenvalue weighted by atomic mass is 16.1. The van der Waals surface area contributed by atoms with Crippen molar-refractivity contribution in [1.29, 1.82) is 0 Å². The zero-order valence-electron chi connectivity index (χ0n) is 16.2. The summed E-state index contributed by atoms with van der Waals surface area (Å²) in [7, 11) is 0. The Kier molecular flexibility index (Phi) is 6.23. The number of amides is 1. The Labute approximate surface area is 163 Å². The van der Waals surface area contributed by atoms with Gasteiger partial charge in [-0.2, -0.15) is 0 Å². The van der Waals surface area contributed by atoms with Crippen LogP contribution in [0, 0.1) is 0 Å². The molecule has 0 bridgehead atoms. The lowest BCUT2D eigenvalue weighted by atomic mass is 10.1. The maximum absolute atomic E-state index is 12.5. The summed E-state index contributed by atoms with van der Waals surface area (Å²) in [4.78, 5) is 36.3. The van der Waals surface area contributed by atoms with Gasteiger partial charge in [0, 0.05) is 41.3 Å². The first kappa shape index (κ1) is 19.8. The number of likely N-dealkylation sites (N-methyl/N-ethyl adjacent to an activating group) is 1. The number of Topliss-reactive ketones (excluding diaryl/α,β-unsaturated/α-hetero) is 1. The van der Waals surface area contributed by atoms with Gasteiger partial charge in [0.05, 0.1) is 12.7 Å². The molecule has 2 aromatic heterocycles. The van der Waals surface area contributed by atoms with Crippen molar-refractivity contribution in [3.63, 3.8) is 0 Å². The van der Waals surface area contributed by atoms with Crippen LogP contribution >= 0.6 is 0 Å². The number of nitrogens with two attached hydrogens (primary N) is 1. The van der Waals surface area contributed by atoms with Gasteiger partial charge in [0.25, 0.3) is 5.91 Å². The third kappa shape index (κ3) is 4.29. The molecule has 148 valence electrons. The first-order valence-electron chi connectivity index (χ1n) is 9.46. The molecule has 0 aliphatic heterocycles. The average Bonchev–Trinajstić information content (AvgIpc) is 3.34. The van der Waals surface area contributed by atoms with Crippen LogP contribution in [0.4, 0.5) is 0 Å². The molecular formula is C20H26N6O2. The smallest absolute Gasteiger partial charge is 0.266 e. The Hall–Kier alpha value is -2.97. The number of primary amides is 1. The zero-order valence-corrected chi connectivity index (χ0v) is 16.2. The van der Waals surface area contributed by atoms with Crippen LogP contribution in [0.15, 0.2) is 30.6 Å². The first-order valence-corrected chi connectivity index (χ1v) is 9.46. The summed E-state index contributed by atoms with van der Waals surface area (Å²) in [6.07, 6.45) is 3.21. The van der Waals surface area contributed by atoms with Gasteiger partial charge >= 0.3 is 0 Å². The van der Waals surface area contributed by atoms with Crippen molar-refractivity contribution < 1.29 is 9.59 Å². The molecule has 0 atom stereocenters. The van der Waals surface area contributed by atoms with E-state index in [0.717, 1.165) is 42.6 Å². The molecule has 3 aromatic rings. The molecule has 0 radical (unpaired) electrons. The van der Waals surface area contributed by atoms with Gasteiger partial charge in [-0.1, -0.05) is 26.0 Å². The second kappa shape index (κ2) is 8.81. The lowest BCUT2D eigenvalue weighted by Gasteiger charge is -2.17. The summed E-state index contributed by atoms with van der Waals surface area (Å²) >= 11 is 0. The molecule has 0 saturated heterocycles. The van der Waals surface area contributed by atoms with E-state index in [1.54, 1.807) is 6.20 Å². The summed E-state index contributed by atoms with van der Waals surface area (Å²) in [6, 6.07) is 5.54. The predicted octanol–water partition coefficient (Wildman–Crippen LogP) is 1.77. The highest BCUT2D eigenvalue weighted by molar-refractivity contribution is 6.03. The Morgan fingerprint density at radius 1 is 1.25 bits per heavy atom. The van der Waals surface area contributed by atoms with Gasteiger partial charge in [0.15, 0.2) is 5.78 Å². The Morgan fingerprint density at radius 3 is 2.71 bits per heavy atom. The van der Waals surface area contributed by atoms with Gasteiger partial charge in [-0.3, -0.25) is 9.59 Å². The maximum atomic E-state index is 12.5. The Morgan fingerprint density at radius 2 is 2.04 bits per heavy atom. The number of imidazole rings is 1. The number of nitrogens with zero attached hydrogens (tertiary/aromatic N) is 2. The van der Waals surface area contributed by atoms with Gasteiger partial charge in [-0.05, 0) is 19.2 Å². The third-order valence-corrected chi connectivity index (χ3v) is 4.88. The van der Waals surface area contributed by atoms with Crippen molar-refractivity contribution in [3.8, 4) is 11.4 Å². The van der Waals surface area contributed by atoms with Crippen molar-refractivity contribution in [3.05, 3.63) is 41.9 Å². The van der Waals surface area contributed by atoms with Crippen LogP contribution in [0.5, 0.6) is 0 Å². The minimum absolute atomic E-state index is 0.0478. The summed E-state index contributed by atoms with van der Waals surface area (Å²) in [5.74, 6) is 0.0452. The molecule has 0 spiro atoms. The molecule has 2 heterocycles. The van der Waals surface area contributed by atoms with Crippen molar-refractivity contribution in [2.75, 3.05) is 32.7 Å². The van der Waals surface area contributed by atoms with Gasteiger partial charge in [-0.25, -0.2) is 4.98 Å². The van der Waals surface area contributed by atoms with Crippen molar-refractivity contribution >= 4 is 22.6 Å². The van der Waals surface area contributed by atoms with Crippen LogP contribution in [0.25, 0.3) is 22.3 Å². The van der Waals surface area contributed by atoms with Crippen LogP contribution in [0.3, 0.4) is 0 Å². The first-order chi connectivity index (χ1) is 13.5. The molecule has 1 amide bonds. The second-order valence-corrected chi connectivity index (χ2v) is 6.60. The van der Waals surface area contributed by atoms with E-state index in [1.165, 1.54) is 6.20 Å². The number of aromatic amines is 2. The molecular weight excluding hydrogens is 356 g/mol. The molecule has 0 saturated carbocycles. The highest BCUT2D eigenvalue weighted by Gasteiger charge is 2.14. The monoisotopic (exact) mass is 382 g/mol. The minimum Gasteiger partial charge on any atom is -0.364 e. The van der Waals surface area contributed by atoms with Crippen LogP contribution in [0.1, 0.15) is 34.7 Å². The fraction of sp³-hybridized carbons (Fsp3) is 0.350. The summed E-state index contributed by atoms with van der Waals surface area (Å²) in [6.45, 7) is 8.29. The van der Waals surface area contributed by atoms with E-state index >= 15 is 0 Å². The maximum Gasteiger partial charge on any atom is 0.266 e. The molecule has 5 N–H and O–H groups in total. The number of fused-ring (bicyclic) bond motifs is 1. The zero-order chi connectivity index (χ0) is 20.1. The summed E-state index contributed by atoms with van der Waals surface area (Å²) in [5.41, 5.74) is 7.82. The number of hydrogen-bond acceptors (Lipinski definition) is 5. The molecule has 8 heteroatoms. The van der Waals surface area contributed by atoms with E-state index in [1.807, 2.05) is 18.2 Å². The molecule has 0 aliphatic carbocycles. The fourth-order valence-corrected chi connectivity index (χ4v) is 3.16. The summed E-state index contributed by atoms with van der Waals surface area (Å²) < 4.78 is 0. The van der Waals surface area contributed by atoms with Crippen molar-refractivity contribution in [2.45, 2.75) is 13.8 Å². The van der Waals surface area contributed by atoms with E-state index in [9.17, 15) is 9.59 Å².